The summed E-state index contributed by atoms with van der Waals surface area (Å²) < 4.78 is 24.4. The van der Waals surface area contributed by atoms with Gasteiger partial charge in [-0.1, -0.05) is 10.4 Å². The predicted molar refractivity (Wildman–Crippen MR) is 40.4 cm³/mol. The van der Waals surface area contributed by atoms with Crippen molar-refractivity contribution in [2.45, 2.75) is 0 Å². The average molecular weight is 251 g/mol. The molecule has 0 atom stereocenters. The van der Waals surface area contributed by atoms with Gasteiger partial charge in [0, 0.05) is 6.07 Å². The lowest BCUT2D eigenvalue weighted by molar-refractivity contribution is -1.62. The molecule has 0 aliphatic heterocycles. The van der Waals surface area contributed by atoms with Gasteiger partial charge in [0.25, 0.3) is 0 Å². The standard InChI is InChI=1S/C6H3ClN2O7/c10-7(11)16-5-3-1-2-4(8(12)13)6(5)9(14)15/h1-3H. The van der Waals surface area contributed by atoms with Crippen LogP contribution in [0.3, 0.4) is 0 Å². The van der Waals surface area contributed by atoms with Gasteiger partial charge in [0.1, 0.15) is 0 Å². The van der Waals surface area contributed by atoms with Crippen molar-refractivity contribution in [2.75, 3.05) is 0 Å². The smallest absolute Gasteiger partial charge is 0.307 e. The first-order chi connectivity index (χ1) is 7.43. The maximum atomic E-state index is 10.5. The van der Waals surface area contributed by atoms with Crippen molar-refractivity contribution in [3.8, 4) is 5.75 Å². The monoisotopic (exact) mass is 250 g/mol. The normalized spacial score (nSPS) is 10.2. The van der Waals surface area contributed by atoms with Crippen molar-refractivity contribution in [1.82, 2.24) is 0 Å². The van der Waals surface area contributed by atoms with Crippen molar-refractivity contribution in [2.24, 2.45) is 0 Å². The third kappa shape index (κ3) is 2.53. The zero-order chi connectivity index (χ0) is 12.3. The van der Waals surface area contributed by atoms with Crippen LogP contribution < -0.4 is 13.6 Å². The summed E-state index contributed by atoms with van der Waals surface area (Å²) in [6.07, 6.45) is 0. The largest absolute Gasteiger partial charge is 0.399 e. The first-order valence-electron chi connectivity index (χ1n) is 3.59. The van der Waals surface area contributed by atoms with Crippen LogP contribution in [0.25, 0.3) is 0 Å². The van der Waals surface area contributed by atoms with Crippen LogP contribution in [0.4, 0.5) is 11.4 Å². The summed E-state index contributed by atoms with van der Waals surface area (Å²) >= 11 is 0. The zero-order valence-corrected chi connectivity index (χ0v) is 8.12. The Morgan fingerprint density at radius 2 is 1.75 bits per heavy atom. The lowest BCUT2D eigenvalue weighted by atomic mass is 10.2. The third-order valence-electron chi connectivity index (χ3n) is 1.50. The Labute approximate surface area is 90.6 Å². The molecule has 10 heteroatoms. The second-order valence-corrected chi connectivity index (χ2v) is 2.94. The van der Waals surface area contributed by atoms with Gasteiger partial charge < -0.3 is 9.32 Å². The van der Waals surface area contributed by atoms with Gasteiger partial charge in [-0.25, -0.2) is 0 Å². The van der Waals surface area contributed by atoms with E-state index in [4.69, 9.17) is 0 Å². The highest BCUT2D eigenvalue weighted by Gasteiger charge is 2.34. The molecular formula is C6H3ClN2O7. The van der Waals surface area contributed by atoms with E-state index in [9.17, 15) is 29.5 Å². The Hall–Kier alpha value is -1.97. The van der Waals surface area contributed by atoms with Gasteiger partial charge in [-0.2, -0.15) is 0 Å². The lowest BCUT2D eigenvalue weighted by Crippen LogP contribution is -2.37. The van der Waals surface area contributed by atoms with Gasteiger partial charge in [0.15, 0.2) is 0 Å². The van der Waals surface area contributed by atoms with Crippen LogP contribution >= 0.6 is 0 Å². The Morgan fingerprint density at radius 1 is 1.12 bits per heavy atom. The summed E-state index contributed by atoms with van der Waals surface area (Å²) in [4.78, 5) is 18.9. The number of nitrogens with zero attached hydrogens (tertiary/aromatic N) is 2. The summed E-state index contributed by atoms with van der Waals surface area (Å²) in [6, 6.07) is 2.88. The molecule has 0 heterocycles. The molecule has 0 fully saturated rings. The number of benzene rings is 1. The minimum Gasteiger partial charge on any atom is -0.307 e. The van der Waals surface area contributed by atoms with Crippen molar-refractivity contribution >= 4 is 11.4 Å². The highest BCUT2D eigenvalue weighted by molar-refractivity contribution is 5.61. The molecule has 0 unspecified atom stereocenters. The van der Waals surface area contributed by atoms with Crippen molar-refractivity contribution in [3.63, 3.8) is 0 Å². The van der Waals surface area contributed by atoms with Gasteiger partial charge in [-0.15, -0.1) is 0 Å². The van der Waals surface area contributed by atoms with Gasteiger partial charge in [0.05, 0.1) is 9.85 Å². The van der Waals surface area contributed by atoms with E-state index in [0.29, 0.717) is 0 Å². The summed E-state index contributed by atoms with van der Waals surface area (Å²) in [5.41, 5.74) is -1.86. The third-order valence-corrected chi connectivity index (χ3v) is 1.80. The fourth-order valence-corrected chi connectivity index (χ4v) is 1.23. The van der Waals surface area contributed by atoms with E-state index in [-0.39, 0.29) is 0 Å². The molecule has 1 aromatic rings. The van der Waals surface area contributed by atoms with Crippen LogP contribution in [-0.4, -0.2) is 9.85 Å². The molecule has 0 saturated heterocycles. The van der Waals surface area contributed by atoms with E-state index in [1.54, 1.807) is 0 Å². The van der Waals surface area contributed by atoms with Gasteiger partial charge in [0.2, 0.25) is 0 Å². The van der Waals surface area contributed by atoms with Crippen LogP contribution in [0.2, 0.25) is 0 Å². The molecule has 1 rings (SSSR count). The van der Waals surface area contributed by atoms with Crippen molar-refractivity contribution in [3.05, 3.63) is 38.4 Å². The first kappa shape index (κ1) is 12.1. The molecule has 0 amide bonds. The molecule has 1 aromatic carbocycles. The maximum absolute atomic E-state index is 10.5. The Bertz CT molecular complexity index is 435. The SMILES string of the molecule is O=[N+]([O-])c1cccc(O[Cl+2]([O-])[O-])c1[N+](=O)[O-]. The molecule has 0 bridgehead atoms. The molecule has 0 aliphatic carbocycles. The summed E-state index contributed by atoms with van der Waals surface area (Å²) in [6.45, 7) is 0. The molecule has 16 heavy (non-hydrogen) atoms. The Morgan fingerprint density at radius 3 is 2.19 bits per heavy atom. The second-order valence-electron chi connectivity index (χ2n) is 2.40. The van der Waals surface area contributed by atoms with Crippen LogP contribution in [0, 0.1) is 31.0 Å². The van der Waals surface area contributed by atoms with Crippen molar-refractivity contribution < 1.29 is 34.2 Å². The maximum Gasteiger partial charge on any atom is 0.399 e. The highest BCUT2D eigenvalue weighted by Crippen LogP contribution is 2.36. The average Bonchev–Trinajstić information content (AvgIpc) is 2.15. The fraction of sp³-hybridized carbons (Fsp3) is 0. The molecule has 0 aromatic heterocycles. The number of hydrogen-bond donors (Lipinski definition) is 0. The quantitative estimate of drug-likeness (QED) is 0.491. The van der Waals surface area contributed by atoms with E-state index >= 15 is 0 Å². The van der Waals surface area contributed by atoms with Crippen LogP contribution in [0.1, 0.15) is 0 Å². The van der Waals surface area contributed by atoms with Gasteiger partial charge in [-0.3, -0.25) is 20.2 Å². The van der Waals surface area contributed by atoms with E-state index in [2.05, 4.69) is 4.29 Å². The van der Waals surface area contributed by atoms with E-state index < -0.39 is 37.8 Å². The molecule has 0 N–H and O–H groups in total. The molecule has 0 saturated carbocycles. The summed E-state index contributed by atoms with van der Waals surface area (Å²) in [5, 5.41) is 21.0. The number of hydrogen-bond acceptors (Lipinski definition) is 7. The molecule has 0 radical (unpaired) electrons. The van der Waals surface area contributed by atoms with Gasteiger partial charge >= 0.3 is 27.9 Å². The van der Waals surface area contributed by atoms with E-state index in [1.807, 2.05) is 0 Å². The Balaban J connectivity index is 3.32. The molecular weight excluding hydrogens is 248 g/mol. The summed E-state index contributed by atoms with van der Waals surface area (Å²) in [7, 11) is -2.71. The Kier molecular flexibility index (Phi) is 3.55. The second kappa shape index (κ2) is 4.70. The van der Waals surface area contributed by atoms with Crippen LogP contribution in [-0.2, 0) is 0 Å². The number of rotatable bonds is 4. The molecule has 86 valence electrons. The minimum absolute atomic E-state index is 0.718. The zero-order valence-electron chi connectivity index (χ0n) is 7.36. The van der Waals surface area contributed by atoms with Crippen molar-refractivity contribution in [1.29, 1.82) is 0 Å². The van der Waals surface area contributed by atoms with Crippen LogP contribution in [0.5, 0.6) is 5.75 Å². The first-order valence-corrected chi connectivity index (χ1v) is 4.51. The minimum atomic E-state index is -2.71. The highest BCUT2D eigenvalue weighted by atomic mass is 35.6. The summed E-state index contributed by atoms with van der Waals surface area (Å²) in [5.74, 6) is -0.718. The lowest BCUT2D eigenvalue weighted by Gasteiger charge is -1.98. The topological polar surface area (TPSA) is 142 Å². The van der Waals surface area contributed by atoms with Gasteiger partial charge in [-0.05, 0) is 6.07 Å². The molecule has 9 nitrogen and oxygen atoms in total. The molecule has 0 aliphatic rings. The van der Waals surface area contributed by atoms with E-state index in [1.165, 1.54) is 0 Å². The van der Waals surface area contributed by atoms with Crippen LogP contribution in [0.15, 0.2) is 18.2 Å². The fourth-order valence-electron chi connectivity index (χ4n) is 0.972. The molecule has 0 spiro atoms. The number of para-hydroxylation sites is 1. The number of nitro groups is 2. The number of nitro benzene ring substituents is 2. The van der Waals surface area contributed by atoms with E-state index in [0.717, 1.165) is 18.2 Å². The predicted octanol–water partition coefficient (Wildman–Crippen LogP) is -1.03. The number of halogens is 1.